The first kappa shape index (κ1) is 24.2. The Morgan fingerprint density at radius 1 is 0.861 bits per heavy atom. The number of nitrogens with one attached hydrogen (secondary N) is 1. The number of piperidine rings is 1. The summed E-state index contributed by atoms with van der Waals surface area (Å²) >= 11 is 1.56. The summed E-state index contributed by atoms with van der Waals surface area (Å²) in [7, 11) is 0. The highest BCUT2D eigenvalue weighted by molar-refractivity contribution is 7.98. The Labute approximate surface area is 215 Å². The fraction of sp³-hybridized carbons (Fsp3) is 0.286. The molecule has 8 heteroatoms. The number of benzene rings is 3. The highest BCUT2D eigenvalue weighted by atomic mass is 32.2. The van der Waals surface area contributed by atoms with Gasteiger partial charge in [0, 0.05) is 18.0 Å². The molecule has 0 bridgehead atoms. The Hall–Kier alpha value is -3.49. The van der Waals surface area contributed by atoms with Crippen LogP contribution in [0.3, 0.4) is 0 Å². The van der Waals surface area contributed by atoms with Crippen LogP contribution in [0, 0.1) is 0 Å². The minimum absolute atomic E-state index is 0.0754. The van der Waals surface area contributed by atoms with Gasteiger partial charge in [-0.05, 0) is 71.8 Å². The van der Waals surface area contributed by atoms with Crippen LogP contribution in [0.25, 0.3) is 5.69 Å². The first-order chi connectivity index (χ1) is 17.8. The summed E-state index contributed by atoms with van der Waals surface area (Å²) in [4.78, 5) is 16.6. The normalized spacial score (nSPS) is 14.0. The average molecular weight is 499 g/mol. The van der Waals surface area contributed by atoms with Crippen molar-refractivity contribution in [2.45, 2.75) is 43.0 Å². The topological polar surface area (TPSA) is 75.9 Å². The second-order valence-electron chi connectivity index (χ2n) is 8.92. The highest BCUT2D eigenvalue weighted by Crippen LogP contribution is 2.26. The monoisotopic (exact) mass is 498 g/mol. The third-order valence-corrected chi connectivity index (χ3v) is 7.49. The van der Waals surface area contributed by atoms with Crippen LogP contribution in [0.5, 0.6) is 0 Å². The van der Waals surface area contributed by atoms with Gasteiger partial charge in [0.1, 0.15) is 0 Å². The zero-order valence-corrected chi connectivity index (χ0v) is 21.0. The summed E-state index contributed by atoms with van der Waals surface area (Å²) in [5, 5.41) is 15.3. The summed E-state index contributed by atoms with van der Waals surface area (Å²) in [5.74, 6) is 1.20. The fourth-order valence-electron chi connectivity index (χ4n) is 4.50. The van der Waals surface area contributed by atoms with Crippen LogP contribution >= 0.6 is 11.8 Å². The fourth-order valence-corrected chi connectivity index (χ4v) is 5.46. The minimum atomic E-state index is -0.0754. The molecule has 1 aliphatic rings. The van der Waals surface area contributed by atoms with E-state index in [9.17, 15) is 4.79 Å². The summed E-state index contributed by atoms with van der Waals surface area (Å²) in [6, 6.07) is 25.9. The summed E-state index contributed by atoms with van der Waals surface area (Å²) in [6.07, 6.45) is 3.86. The Kier molecular flexibility index (Phi) is 8.05. The maximum absolute atomic E-state index is 13.2. The molecule has 184 valence electrons. The smallest absolute Gasteiger partial charge is 0.252 e. The minimum Gasteiger partial charge on any atom is -0.348 e. The van der Waals surface area contributed by atoms with Crippen molar-refractivity contribution in [1.82, 2.24) is 30.4 Å². The van der Waals surface area contributed by atoms with Crippen molar-refractivity contribution in [3.63, 3.8) is 0 Å². The van der Waals surface area contributed by atoms with E-state index in [0.717, 1.165) is 36.0 Å². The van der Waals surface area contributed by atoms with Gasteiger partial charge in [-0.3, -0.25) is 9.69 Å². The number of hydrogen-bond donors (Lipinski definition) is 1. The second kappa shape index (κ2) is 12.0. The van der Waals surface area contributed by atoms with E-state index in [1.807, 2.05) is 60.7 Å². The molecule has 5 rings (SSSR count). The van der Waals surface area contributed by atoms with E-state index in [0.29, 0.717) is 17.9 Å². The molecule has 0 atom stereocenters. The maximum Gasteiger partial charge on any atom is 0.252 e. The molecular formula is C28H30N6OS. The van der Waals surface area contributed by atoms with Crippen molar-refractivity contribution in [2.75, 3.05) is 13.1 Å². The van der Waals surface area contributed by atoms with Gasteiger partial charge in [-0.15, -0.1) is 16.9 Å². The van der Waals surface area contributed by atoms with Crippen molar-refractivity contribution in [2.24, 2.45) is 0 Å². The van der Waals surface area contributed by atoms with Gasteiger partial charge in [-0.2, -0.15) is 4.68 Å². The zero-order valence-electron chi connectivity index (χ0n) is 20.2. The van der Waals surface area contributed by atoms with Crippen molar-refractivity contribution >= 4 is 17.7 Å². The number of carbonyl (C=O) groups excluding carboxylic acids is 1. The number of likely N-dealkylation sites (tertiary alicyclic amines) is 1. The van der Waals surface area contributed by atoms with Crippen LogP contribution in [0.15, 0.2) is 83.8 Å². The molecule has 1 aliphatic heterocycles. The lowest BCUT2D eigenvalue weighted by Crippen LogP contribution is -2.30. The van der Waals surface area contributed by atoms with Gasteiger partial charge in [0.05, 0.1) is 17.0 Å². The molecule has 2 heterocycles. The molecule has 7 nitrogen and oxygen atoms in total. The SMILES string of the molecule is O=C(NCc1ccccc1CN1CCCCC1)c1ccccc1SCc1nnnn1-c1ccccc1. The lowest BCUT2D eigenvalue weighted by Gasteiger charge is -2.27. The number of tetrazole rings is 1. The second-order valence-corrected chi connectivity index (χ2v) is 9.93. The van der Waals surface area contributed by atoms with Crippen molar-refractivity contribution in [3.8, 4) is 5.69 Å². The van der Waals surface area contributed by atoms with Crippen molar-refractivity contribution in [3.05, 3.63) is 101 Å². The molecule has 1 aromatic heterocycles. The van der Waals surface area contributed by atoms with Gasteiger partial charge in [0.15, 0.2) is 5.82 Å². The first-order valence-corrected chi connectivity index (χ1v) is 13.4. The third kappa shape index (κ3) is 6.01. The number of thioether (sulfide) groups is 1. The molecule has 1 saturated heterocycles. The molecule has 3 aromatic carbocycles. The molecule has 36 heavy (non-hydrogen) atoms. The van der Waals surface area contributed by atoms with E-state index >= 15 is 0 Å². The average Bonchev–Trinajstić information content (AvgIpc) is 3.41. The van der Waals surface area contributed by atoms with Gasteiger partial charge >= 0.3 is 0 Å². The number of carbonyl (C=O) groups is 1. The molecule has 1 amide bonds. The maximum atomic E-state index is 13.2. The van der Waals surface area contributed by atoms with Gasteiger partial charge in [-0.1, -0.05) is 61.0 Å². The molecule has 0 aliphatic carbocycles. The van der Waals surface area contributed by atoms with Gasteiger partial charge < -0.3 is 5.32 Å². The van der Waals surface area contributed by atoms with Crippen LogP contribution in [0.4, 0.5) is 0 Å². The summed E-state index contributed by atoms with van der Waals surface area (Å²) in [6.45, 7) is 3.75. The number of nitrogens with zero attached hydrogens (tertiary/aromatic N) is 5. The molecule has 1 fully saturated rings. The highest BCUT2D eigenvalue weighted by Gasteiger charge is 2.16. The Morgan fingerprint density at radius 3 is 2.42 bits per heavy atom. The van der Waals surface area contributed by atoms with E-state index in [-0.39, 0.29) is 5.91 Å². The van der Waals surface area contributed by atoms with E-state index in [2.05, 4.69) is 43.9 Å². The number of para-hydroxylation sites is 1. The number of hydrogen-bond acceptors (Lipinski definition) is 6. The third-order valence-electron chi connectivity index (χ3n) is 6.42. The van der Waals surface area contributed by atoms with E-state index in [4.69, 9.17) is 0 Å². The lowest BCUT2D eigenvalue weighted by atomic mass is 10.0. The number of rotatable bonds is 9. The van der Waals surface area contributed by atoms with Gasteiger partial charge in [0.25, 0.3) is 5.91 Å². The van der Waals surface area contributed by atoms with Crippen molar-refractivity contribution < 1.29 is 4.79 Å². The van der Waals surface area contributed by atoms with Crippen LogP contribution in [0.1, 0.15) is 46.6 Å². The molecule has 4 aromatic rings. The number of amides is 1. The van der Waals surface area contributed by atoms with Crippen LogP contribution < -0.4 is 5.32 Å². The molecular weight excluding hydrogens is 468 g/mol. The number of aromatic nitrogens is 4. The van der Waals surface area contributed by atoms with Gasteiger partial charge in [0.2, 0.25) is 0 Å². The van der Waals surface area contributed by atoms with E-state index in [1.165, 1.54) is 30.4 Å². The van der Waals surface area contributed by atoms with Crippen LogP contribution in [-0.4, -0.2) is 44.1 Å². The summed E-state index contributed by atoms with van der Waals surface area (Å²) < 4.78 is 1.73. The van der Waals surface area contributed by atoms with E-state index in [1.54, 1.807) is 16.4 Å². The van der Waals surface area contributed by atoms with Crippen molar-refractivity contribution in [1.29, 1.82) is 0 Å². The van der Waals surface area contributed by atoms with Crippen LogP contribution in [-0.2, 0) is 18.8 Å². The predicted octanol–water partition coefficient (Wildman–Crippen LogP) is 4.87. The first-order valence-electron chi connectivity index (χ1n) is 12.4. The molecule has 1 N–H and O–H groups in total. The predicted molar refractivity (Wildman–Crippen MR) is 142 cm³/mol. The Bertz CT molecular complexity index is 1290. The molecule has 0 radical (unpaired) electrons. The largest absolute Gasteiger partial charge is 0.348 e. The summed E-state index contributed by atoms with van der Waals surface area (Å²) in [5.41, 5.74) is 4.03. The van der Waals surface area contributed by atoms with E-state index < -0.39 is 0 Å². The van der Waals surface area contributed by atoms with Gasteiger partial charge in [-0.25, -0.2) is 0 Å². The Balaban J connectivity index is 1.24. The Morgan fingerprint density at radius 2 is 1.58 bits per heavy atom. The lowest BCUT2D eigenvalue weighted by molar-refractivity contribution is 0.0947. The zero-order chi connectivity index (χ0) is 24.6. The quantitative estimate of drug-likeness (QED) is 0.332. The molecule has 0 spiro atoms. The molecule has 0 saturated carbocycles. The van der Waals surface area contributed by atoms with Crippen LogP contribution in [0.2, 0.25) is 0 Å². The standard InChI is InChI=1S/C28H30N6OS/c35-28(29-19-22-11-5-6-12-23(22)20-33-17-9-2-10-18-33)25-15-7-8-16-26(25)36-21-27-30-31-32-34(27)24-13-3-1-4-14-24/h1,3-8,11-16H,2,9-10,17-21H2,(H,29,35). The molecule has 0 unspecified atom stereocenters.